The molecule has 0 unspecified atom stereocenters. The summed E-state index contributed by atoms with van der Waals surface area (Å²) in [6.45, 7) is 0.786. The van der Waals surface area contributed by atoms with Crippen LogP contribution in [0.15, 0.2) is 54.0 Å². The number of anilines is 1. The number of hydrogen-bond donors (Lipinski definition) is 0. The Morgan fingerprint density at radius 2 is 2.04 bits per heavy atom. The zero-order valence-electron chi connectivity index (χ0n) is 13.2. The van der Waals surface area contributed by atoms with E-state index in [-0.39, 0.29) is 5.91 Å². The maximum Gasteiger partial charge on any atom is 0.227 e. The Balaban J connectivity index is 1.41. The van der Waals surface area contributed by atoms with Crippen molar-refractivity contribution in [2.24, 2.45) is 0 Å². The molecular formula is C19H17N3OS. The molecule has 0 radical (unpaired) electrons. The fourth-order valence-electron chi connectivity index (χ4n) is 3.00. The zero-order valence-corrected chi connectivity index (χ0v) is 14.0. The van der Waals surface area contributed by atoms with Crippen LogP contribution in [0.5, 0.6) is 0 Å². The highest BCUT2D eigenvalue weighted by molar-refractivity contribution is 7.13. The molecule has 1 aromatic carbocycles. The summed E-state index contributed by atoms with van der Waals surface area (Å²) >= 11 is 1.58. The molecule has 0 atom stereocenters. The molecule has 2 aromatic heterocycles. The van der Waals surface area contributed by atoms with E-state index in [2.05, 4.69) is 16.0 Å². The molecule has 1 amide bonds. The molecule has 3 aromatic rings. The van der Waals surface area contributed by atoms with E-state index >= 15 is 0 Å². The van der Waals surface area contributed by atoms with E-state index in [9.17, 15) is 4.79 Å². The van der Waals surface area contributed by atoms with Crippen LogP contribution in [0, 0.1) is 0 Å². The first kappa shape index (κ1) is 15.0. The Morgan fingerprint density at radius 3 is 2.92 bits per heavy atom. The third-order valence-corrected chi connectivity index (χ3v) is 5.13. The van der Waals surface area contributed by atoms with Crippen molar-refractivity contribution in [3.8, 4) is 10.7 Å². The lowest BCUT2D eigenvalue weighted by molar-refractivity contribution is -0.118. The van der Waals surface area contributed by atoms with Crippen molar-refractivity contribution < 1.29 is 4.79 Å². The van der Waals surface area contributed by atoms with Gasteiger partial charge in [0.15, 0.2) is 0 Å². The number of carbonyl (C=O) groups excluding carboxylic acids is 1. The van der Waals surface area contributed by atoms with Gasteiger partial charge in [-0.3, -0.25) is 9.78 Å². The minimum Gasteiger partial charge on any atom is -0.312 e. The van der Waals surface area contributed by atoms with Gasteiger partial charge in [0.1, 0.15) is 5.01 Å². The molecule has 0 saturated heterocycles. The lowest BCUT2D eigenvalue weighted by Gasteiger charge is -2.16. The van der Waals surface area contributed by atoms with E-state index in [1.165, 1.54) is 5.56 Å². The highest BCUT2D eigenvalue weighted by Crippen LogP contribution is 2.28. The average molecular weight is 335 g/mol. The summed E-state index contributed by atoms with van der Waals surface area (Å²) in [6, 6.07) is 14.0. The summed E-state index contributed by atoms with van der Waals surface area (Å²) in [4.78, 5) is 23.4. The molecule has 0 fully saturated rings. The first-order valence-corrected chi connectivity index (χ1v) is 8.93. The van der Waals surface area contributed by atoms with Crippen LogP contribution in [0.1, 0.15) is 17.7 Å². The van der Waals surface area contributed by atoms with Crippen LogP contribution in [0.4, 0.5) is 5.69 Å². The SMILES string of the molecule is O=C(CCc1csc(-c2ccccn2)n1)N1CCc2ccccc21. The van der Waals surface area contributed by atoms with E-state index < -0.39 is 0 Å². The molecule has 1 aliphatic rings. The smallest absolute Gasteiger partial charge is 0.227 e. The van der Waals surface area contributed by atoms with Gasteiger partial charge in [0, 0.05) is 30.2 Å². The van der Waals surface area contributed by atoms with Gasteiger partial charge in [-0.2, -0.15) is 0 Å². The highest BCUT2D eigenvalue weighted by Gasteiger charge is 2.23. The molecule has 0 spiro atoms. The van der Waals surface area contributed by atoms with E-state index in [1.807, 2.05) is 46.7 Å². The number of hydrogen-bond acceptors (Lipinski definition) is 4. The summed E-state index contributed by atoms with van der Waals surface area (Å²) in [6.07, 6.45) is 3.87. The molecule has 5 heteroatoms. The van der Waals surface area contributed by atoms with Gasteiger partial charge in [-0.1, -0.05) is 24.3 Å². The van der Waals surface area contributed by atoms with Gasteiger partial charge in [0.2, 0.25) is 5.91 Å². The molecule has 4 nitrogen and oxygen atoms in total. The Hall–Kier alpha value is -2.53. The first-order chi connectivity index (χ1) is 11.8. The minimum atomic E-state index is 0.173. The summed E-state index contributed by atoms with van der Waals surface area (Å²) in [7, 11) is 0. The van der Waals surface area contributed by atoms with Gasteiger partial charge in [-0.05, 0) is 36.6 Å². The number of fused-ring (bicyclic) bond motifs is 1. The predicted octanol–water partition coefficient (Wildman–Crippen LogP) is 3.73. The lowest BCUT2D eigenvalue weighted by atomic mass is 10.2. The molecule has 120 valence electrons. The van der Waals surface area contributed by atoms with Crippen LogP contribution >= 0.6 is 11.3 Å². The van der Waals surface area contributed by atoms with E-state index in [0.717, 1.165) is 35.0 Å². The number of pyridine rings is 1. The topological polar surface area (TPSA) is 46.1 Å². The van der Waals surface area contributed by atoms with Crippen molar-refractivity contribution >= 4 is 22.9 Å². The first-order valence-electron chi connectivity index (χ1n) is 8.05. The molecule has 0 N–H and O–H groups in total. The molecule has 1 aliphatic heterocycles. The second-order valence-electron chi connectivity index (χ2n) is 5.78. The molecular weight excluding hydrogens is 318 g/mol. The quantitative estimate of drug-likeness (QED) is 0.730. The molecule has 0 bridgehead atoms. The van der Waals surface area contributed by atoms with Crippen LogP contribution < -0.4 is 4.90 Å². The predicted molar refractivity (Wildman–Crippen MR) is 96.2 cm³/mol. The van der Waals surface area contributed by atoms with Gasteiger partial charge in [-0.25, -0.2) is 4.98 Å². The summed E-state index contributed by atoms with van der Waals surface area (Å²) in [5.74, 6) is 0.173. The number of rotatable bonds is 4. The van der Waals surface area contributed by atoms with Crippen molar-refractivity contribution in [2.75, 3.05) is 11.4 Å². The molecule has 0 saturated carbocycles. The van der Waals surface area contributed by atoms with Crippen LogP contribution in [0.3, 0.4) is 0 Å². The van der Waals surface area contributed by atoms with E-state index in [4.69, 9.17) is 0 Å². The Kier molecular flexibility index (Phi) is 4.09. The number of aryl methyl sites for hydroxylation is 1. The number of amides is 1. The van der Waals surface area contributed by atoms with Crippen LogP contribution in [0.25, 0.3) is 10.7 Å². The fourth-order valence-corrected chi connectivity index (χ4v) is 3.83. The van der Waals surface area contributed by atoms with Crippen molar-refractivity contribution in [1.82, 2.24) is 9.97 Å². The van der Waals surface area contributed by atoms with E-state index in [0.29, 0.717) is 12.8 Å². The standard InChI is InChI=1S/C19H17N3OS/c23-18(22-12-10-14-5-1-2-7-17(14)22)9-8-15-13-24-19(21-15)16-6-3-4-11-20-16/h1-7,11,13H,8-10,12H2. The Labute approximate surface area is 144 Å². The molecule has 24 heavy (non-hydrogen) atoms. The average Bonchev–Trinajstić information content (AvgIpc) is 3.27. The van der Waals surface area contributed by atoms with Crippen molar-refractivity contribution in [3.63, 3.8) is 0 Å². The second kappa shape index (κ2) is 6.53. The monoisotopic (exact) mass is 335 g/mol. The van der Waals surface area contributed by atoms with Gasteiger partial charge < -0.3 is 4.90 Å². The molecule has 4 rings (SSSR count). The lowest BCUT2D eigenvalue weighted by Crippen LogP contribution is -2.29. The van der Waals surface area contributed by atoms with Crippen molar-refractivity contribution in [1.29, 1.82) is 0 Å². The third-order valence-electron chi connectivity index (χ3n) is 4.22. The number of benzene rings is 1. The normalized spacial score (nSPS) is 13.1. The molecule has 0 aliphatic carbocycles. The maximum absolute atomic E-state index is 12.5. The van der Waals surface area contributed by atoms with E-state index in [1.54, 1.807) is 17.5 Å². The maximum atomic E-state index is 12.5. The number of nitrogens with zero attached hydrogens (tertiary/aromatic N) is 3. The second-order valence-corrected chi connectivity index (χ2v) is 6.64. The number of thiazole rings is 1. The highest BCUT2D eigenvalue weighted by atomic mass is 32.1. The van der Waals surface area contributed by atoms with Crippen LogP contribution in [-0.4, -0.2) is 22.4 Å². The number of carbonyl (C=O) groups is 1. The third kappa shape index (κ3) is 2.95. The Bertz CT molecular complexity index is 860. The van der Waals surface area contributed by atoms with Crippen LogP contribution in [-0.2, 0) is 17.6 Å². The van der Waals surface area contributed by atoms with Gasteiger partial charge >= 0.3 is 0 Å². The van der Waals surface area contributed by atoms with Crippen molar-refractivity contribution in [3.05, 3.63) is 65.3 Å². The van der Waals surface area contributed by atoms with Crippen LogP contribution in [0.2, 0.25) is 0 Å². The molecule has 3 heterocycles. The van der Waals surface area contributed by atoms with Gasteiger partial charge in [-0.15, -0.1) is 11.3 Å². The van der Waals surface area contributed by atoms with Crippen molar-refractivity contribution in [2.45, 2.75) is 19.3 Å². The summed E-state index contributed by atoms with van der Waals surface area (Å²) in [5.41, 5.74) is 4.17. The largest absolute Gasteiger partial charge is 0.312 e. The minimum absolute atomic E-state index is 0.173. The fraction of sp³-hybridized carbons (Fsp3) is 0.211. The zero-order chi connectivity index (χ0) is 16.4. The Morgan fingerprint density at radius 1 is 1.17 bits per heavy atom. The van der Waals surface area contributed by atoms with Gasteiger partial charge in [0.25, 0.3) is 0 Å². The van der Waals surface area contributed by atoms with Gasteiger partial charge in [0.05, 0.1) is 11.4 Å². The summed E-state index contributed by atoms with van der Waals surface area (Å²) in [5, 5.41) is 2.93. The summed E-state index contributed by atoms with van der Waals surface area (Å²) < 4.78 is 0. The number of para-hydroxylation sites is 1. The number of aromatic nitrogens is 2.